The molecule has 0 aliphatic heterocycles. The van der Waals surface area contributed by atoms with Crippen molar-refractivity contribution in [2.45, 2.75) is 0 Å². The molecule has 0 saturated carbocycles. The molecule has 1 amide bonds. The van der Waals surface area contributed by atoms with Gasteiger partial charge >= 0.3 is 0 Å². The number of aryl methyl sites for hydroxylation is 1. The lowest BCUT2D eigenvalue weighted by Crippen LogP contribution is -2.13. The summed E-state index contributed by atoms with van der Waals surface area (Å²) in [6.45, 7) is 0. The summed E-state index contributed by atoms with van der Waals surface area (Å²) < 4.78 is 2.75. The van der Waals surface area contributed by atoms with Crippen molar-refractivity contribution in [2.75, 3.05) is 17.2 Å². The van der Waals surface area contributed by atoms with E-state index in [9.17, 15) is 4.79 Å². The van der Waals surface area contributed by atoms with Gasteiger partial charge in [-0.15, -0.1) is 0 Å². The summed E-state index contributed by atoms with van der Waals surface area (Å²) in [4.78, 5) is 27.1. The summed E-state index contributed by atoms with van der Waals surface area (Å²) in [7, 11) is 9.47. The molecular weight excluding hydrogens is 335 g/mol. The number of pyridine rings is 1. The Kier molecular flexibility index (Phi) is 3.65. The van der Waals surface area contributed by atoms with Crippen LogP contribution in [0.4, 0.5) is 10.9 Å². The van der Waals surface area contributed by atoms with Gasteiger partial charge in [-0.2, -0.15) is 4.98 Å². The van der Waals surface area contributed by atoms with Crippen LogP contribution in [0.1, 0.15) is 10.4 Å². The fraction of sp³-hybridized carbons (Fsp3) is 0.125. The summed E-state index contributed by atoms with van der Waals surface area (Å²) >= 11 is 1.36. The molecule has 1 N–H and O–H groups in total. The molecule has 0 fully saturated rings. The van der Waals surface area contributed by atoms with Crippen LogP contribution in [0.15, 0.2) is 36.7 Å². The molecular formula is C16H13BN6OS. The maximum Gasteiger partial charge on any atom is 0.257 e. The molecule has 122 valence electrons. The van der Waals surface area contributed by atoms with Crippen LogP contribution in [0.25, 0.3) is 21.4 Å². The molecule has 0 aliphatic carbocycles. The highest BCUT2D eigenvalue weighted by molar-refractivity contribution is 7.23. The number of hydrogen-bond acceptors (Lipinski definition) is 6. The second-order valence-electron chi connectivity index (χ2n) is 5.59. The Bertz CT molecular complexity index is 1090. The van der Waals surface area contributed by atoms with Crippen molar-refractivity contribution in [2.24, 2.45) is 7.05 Å². The summed E-state index contributed by atoms with van der Waals surface area (Å²) in [6, 6.07) is 9.00. The van der Waals surface area contributed by atoms with E-state index < -0.39 is 0 Å². The van der Waals surface area contributed by atoms with Crippen LogP contribution < -0.4 is 10.1 Å². The van der Waals surface area contributed by atoms with E-state index in [1.54, 1.807) is 25.5 Å². The average Bonchev–Trinajstić information content (AvgIpc) is 3.17. The predicted octanol–water partition coefficient (Wildman–Crippen LogP) is 2.35. The number of anilines is 2. The first-order valence-corrected chi connectivity index (χ1v) is 8.32. The molecule has 4 aromatic rings. The minimum absolute atomic E-state index is 0.211. The lowest BCUT2D eigenvalue weighted by atomic mass is 10.2. The first-order chi connectivity index (χ1) is 12.0. The van der Waals surface area contributed by atoms with Crippen LogP contribution in [0, 0.1) is 0 Å². The Morgan fingerprint density at radius 3 is 2.76 bits per heavy atom. The highest BCUT2D eigenvalue weighted by Crippen LogP contribution is 2.34. The molecule has 9 heteroatoms. The van der Waals surface area contributed by atoms with Gasteiger partial charge in [-0.1, -0.05) is 29.5 Å². The van der Waals surface area contributed by atoms with Gasteiger partial charge in [-0.3, -0.25) is 10.1 Å². The Morgan fingerprint density at radius 2 is 2.04 bits per heavy atom. The molecule has 7 nitrogen and oxygen atoms in total. The van der Waals surface area contributed by atoms with Crippen molar-refractivity contribution < 1.29 is 4.79 Å². The number of nitrogens with zero attached hydrogens (tertiary/aromatic N) is 5. The van der Waals surface area contributed by atoms with Crippen LogP contribution in [-0.4, -0.2) is 40.5 Å². The molecule has 0 saturated heterocycles. The minimum Gasteiger partial charge on any atom is -0.411 e. The number of thiazole rings is 1. The van der Waals surface area contributed by atoms with E-state index in [1.807, 2.05) is 29.8 Å². The van der Waals surface area contributed by atoms with Crippen LogP contribution >= 0.6 is 11.3 Å². The van der Waals surface area contributed by atoms with Gasteiger partial charge < -0.3 is 9.38 Å². The second-order valence-corrected chi connectivity index (χ2v) is 6.59. The van der Waals surface area contributed by atoms with Gasteiger partial charge in [0, 0.05) is 12.6 Å². The fourth-order valence-corrected chi connectivity index (χ4v) is 3.60. The van der Waals surface area contributed by atoms with Crippen LogP contribution in [0.5, 0.6) is 0 Å². The molecule has 3 aromatic heterocycles. The van der Waals surface area contributed by atoms with Gasteiger partial charge in [0.25, 0.3) is 5.91 Å². The first kappa shape index (κ1) is 15.6. The van der Waals surface area contributed by atoms with Crippen LogP contribution in [0.2, 0.25) is 0 Å². The van der Waals surface area contributed by atoms with Crippen molar-refractivity contribution >= 4 is 57.6 Å². The van der Waals surface area contributed by atoms with E-state index in [-0.39, 0.29) is 5.91 Å². The second kappa shape index (κ2) is 5.85. The van der Waals surface area contributed by atoms with Gasteiger partial charge in [-0.05, 0) is 19.2 Å². The zero-order valence-corrected chi connectivity index (χ0v) is 14.4. The summed E-state index contributed by atoms with van der Waals surface area (Å²) in [5.74, 6) is 0.325. The lowest BCUT2D eigenvalue weighted by Gasteiger charge is -2.12. The Balaban J connectivity index is 1.81. The third-order valence-corrected chi connectivity index (χ3v) is 4.74. The number of carbonyl (C=O) groups is 1. The number of imidazole rings is 1. The van der Waals surface area contributed by atoms with Crippen molar-refractivity contribution in [3.05, 3.63) is 42.2 Å². The zero-order valence-electron chi connectivity index (χ0n) is 13.6. The molecule has 3 heterocycles. The van der Waals surface area contributed by atoms with E-state index in [0.29, 0.717) is 27.7 Å². The predicted molar refractivity (Wildman–Crippen MR) is 100 cm³/mol. The molecule has 0 atom stereocenters. The van der Waals surface area contributed by atoms with Crippen LogP contribution in [-0.2, 0) is 7.05 Å². The number of rotatable bonds is 3. The Labute approximate surface area is 148 Å². The molecule has 0 bridgehead atoms. The third-order valence-electron chi connectivity index (χ3n) is 3.78. The number of benzene rings is 1. The molecule has 25 heavy (non-hydrogen) atoms. The van der Waals surface area contributed by atoms with E-state index in [1.165, 1.54) is 16.1 Å². The van der Waals surface area contributed by atoms with E-state index in [2.05, 4.69) is 20.3 Å². The van der Waals surface area contributed by atoms with E-state index >= 15 is 0 Å². The van der Waals surface area contributed by atoms with Crippen molar-refractivity contribution in [3.63, 3.8) is 0 Å². The van der Waals surface area contributed by atoms with E-state index in [4.69, 9.17) is 7.98 Å². The smallest absolute Gasteiger partial charge is 0.257 e. The highest BCUT2D eigenvalue weighted by atomic mass is 32.1. The standard InChI is InChI=1S/C16H13BN6OS/c1-22-8-18-10-11(22)12-13(19-14(10)23(2)17)20-16(25-12)21-15(24)9-6-4-3-5-7-9/h3-8H,1-2H3,(H,19,20,21,24). The molecule has 4 rings (SSSR count). The largest absolute Gasteiger partial charge is 0.411 e. The summed E-state index contributed by atoms with van der Waals surface area (Å²) in [5.41, 5.74) is 2.68. The number of hydrogen-bond donors (Lipinski definition) is 1. The highest BCUT2D eigenvalue weighted by Gasteiger charge is 2.18. The van der Waals surface area contributed by atoms with E-state index in [0.717, 1.165) is 10.2 Å². The molecule has 0 spiro atoms. The normalized spacial score (nSPS) is 11.1. The summed E-state index contributed by atoms with van der Waals surface area (Å²) in [6.07, 6.45) is 1.71. The maximum absolute atomic E-state index is 12.3. The quantitative estimate of drug-likeness (QED) is 0.575. The Hall–Kier alpha value is -2.94. The molecule has 1 aromatic carbocycles. The van der Waals surface area contributed by atoms with Gasteiger partial charge in [-0.25, -0.2) is 9.97 Å². The fourth-order valence-electron chi connectivity index (χ4n) is 2.62. The SMILES string of the molecule is [B]N(C)c1nc2nc(NC(=O)c3ccccc3)sc2c2c1ncn2C. The summed E-state index contributed by atoms with van der Waals surface area (Å²) in [5, 5.41) is 3.31. The lowest BCUT2D eigenvalue weighted by molar-refractivity contribution is 0.102. The number of carbonyl (C=O) groups excluding carboxylic acids is 1. The van der Waals surface area contributed by atoms with Gasteiger partial charge in [0.2, 0.25) is 7.98 Å². The zero-order chi connectivity index (χ0) is 17.6. The van der Waals surface area contributed by atoms with Crippen molar-refractivity contribution in [1.29, 1.82) is 0 Å². The van der Waals surface area contributed by atoms with Gasteiger partial charge in [0.1, 0.15) is 16.0 Å². The van der Waals surface area contributed by atoms with Crippen LogP contribution in [0.3, 0.4) is 0 Å². The van der Waals surface area contributed by atoms with Crippen molar-refractivity contribution in [1.82, 2.24) is 19.5 Å². The first-order valence-electron chi connectivity index (χ1n) is 7.51. The number of nitrogens with one attached hydrogen (secondary N) is 1. The monoisotopic (exact) mass is 348 g/mol. The number of fused-ring (bicyclic) bond motifs is 3. The maximum atomic E-state index is 12.3. The number of amides is 1. The third kappa shape index (κ3) is 2.62. The molecule has 2 radical (unpaired) electrons. The van der Waals surface area contributed by atoms with Gasteiger partial charge in [0.15, 0.2) is 10.8 Å². The molecule has 0 unspecified atom stereocenters. The van der Waals surface area contributed by atoms with Crippen molar-refractivity contribution in [3.8, 4) is 0 Å². The minimum atomic E-state index is -0.211. The Morgan fingerprint density at radius 1 is 1.28 bits per heavy atom. The number of aromatic nitrogens is 4. The van der Waals surface area contributed by atoms with Gasteiger partial charge in [0.05, 0.1) is 11.8 Å². The average molecular weight is 348 g/mol. The molecule has 0 aliphatic rings. The topological polar surface area (TPSA) is 75.9 Å².